The zero-order chi connectivity index (χ0) is 66.9. The van der Waals surface area contributed by atoms with Crippen molar-refractivity contribution in [2.75, 3.05) is 168 Å². The Morgan fingerprint density at radius 2 is 0.714 bits per heavy atom. The summed E-state index contributed by atoms with van der Waals surface area (Å²) in [4.78, 5) is 13.0. The van der Waals surface area contributed by atoms with Gasteiger partial charge in [-0.3, -0.25) is 4.79 Å². The second-order valence-corrected chi connectivity index (χ2v) is 22.8. The molecule has 6 rings (SSSR count). The van der Waals surface area contributed by atoms with Gasteiger partial charge >= 0.3 is 0 Å². The quantitative estimate of drug-likeness (QED) is 0.0460. The van der Waals surface area contributed by atoms with E-state index in [-0.39, 0.29) is 33.0 Å². The van der Waals surface area contributed by atoms with Gasteiger partial charge < -0.3 is 149 Å². The highest BCUT2D eigenvalue weighted by Gasteiger charge is 2.63. The number of rotatable bonds is 35. The van der Waals surface area contributed by atoms with E-state index in [4.69, 9.17) is 134 Å². The van der Waals surface area contributed by atoms with Crippen molar-refractivity contribution in [1.29, 1.82) is 0 Å². The Hall–Kier alpha value is -2.17. The van der Waals surface area contributed by atoms with Gasteiger partial charge in [0.15, 0.2) is 31.5 Å². The molecule has 6 aliphatic rings. The third kappa shape index (κ3) is 16.9. The molecule has 0 aromatic carbocycles. The van der Waals surface area contributed by atoms with Gasteiger partial charge in [-0.2, -0.15) is 0 Å². The van der Waals surface area contributed by atoms with Gasteiger partial charge in [0.1, 0.15) is 122 Å². The highest BCUT2D eigenvalue weighted by Crippen LogP contribution is 2.42. The zero-order valence-electron chi connectivity index (χ0n) is 56.0. The first-order chi connectivity index (χ1) is 44.0. The summed E-state index contributed by atoms with van der Waals surface area (Å²) in [6, 6.07) is -2.99. The summed E-state index contributed by atoms with van der Waals surface area (Å²) in [6.45, 7) is 0.916. The largest absolute Gasteiger partial charge is 0.396 e. The van der Waals surface area contributed by atoms with E-state index in [1.165, 1.54) is 121 Å². The lowest BCUT2D eigenvalue weighted by Crippen LogP contribution is -2.80. The van der Waals surface area contributed by atoms with Crippen LogP contribution in [0.1, 0.15) is 6.92 Å². The topological polar surface area (TPSA) is 331 Å². The van der Waals surface area contributed by atoms with E-state index in [1.54, 1.807) is 14.0 Å². The van der Waals surface area contributed by atoms with Crippen LogP contribution in [0.2, 0.25) is 0 Å². The first-order valence-electron chi connectivity index (χ1n) is 30.0. The van der Waals surface area contributed by atoms with Crippen molar-refractivity contribution in [2.24, 2.45) is 5.92 Å². The van der Waals surface area contributed by atoms with E-state index in [2.05, 4.69) is 16.6 Å². The summed E-state index contributed by atoms with van der Waals surface area (Å²) in [7, 11) is 26.8. The van der Waals surface area contributed by atoms with E-state index in [0.717, 1.165) is 0 Å². The second kappa shape index (κ2) is 37.5. The number of aliphatic hydroxyl groups excluding tert-OH is 1. The van der Waals surface area contributed by atoms with Gasteiger partial charge in [-0.15, -0.1) is 6.42 Å². The van der Waals surface area contributed by atoms with Crippen LogP contribution in [0.3, 0.4) is 0 Å². The lowest BCUT2D eigenvalue weighted by molar-refractivity contribution is -0.398. The molecule has 5 aliphatic heterocycles. The number of methoxy groups -OCH3 is 18. The Morgan fingerprint density at radius 3 is 1.01 bits per heavy atom. The number of carbonyl (C=O) groups excluding carboxylic acids is 1. The van der Waals surface area contributed by atoms with Crippen LogP contribution in [0.15, 0.2) is 0 Å². The summed E-state index contributed by atoms with van der Waals surface area (Å²) in [6.07, 6.45) is -18.8. The Labute approximate surface area is 534 Å². The van der Waals surface area contributed by atoms with Crippen LogP contribution in [-0.4, -0.2) is 367 Å². The van der Waals surface area contributed by atoms with Crippen molar-refractivity contribution in [1.82, 2.24) is 10.6 Å². The molecule has 1 amide bonds. The van der Waals surface area contributed by atoms with E-state index in [9.17, 15) is 15.0 Å². The molecule has 6 fully saturated rings. The average Bonchev–Trinajstić information content (AvgIpc) is 0.752. The number of hydrogen-bond donors (Lipinski definition) is 4. The third-order valence-corrected chi connectivity index (χ3v) is 18.1. The van der Waals surface area contributed by atoms with Crippen molar-refractivity contribution in [3.63, 3.8) is 0 Å². The van der Waals surface area contributed by atoms with Gasteiger partial charge in [-0.25, -0.2) is 0 Å². The van der Waals surface area contributed by atoms with Gasteiger partial charge in [0.25, 0.3) is 5.91 Å². The van der Waals surface area contributed by atoms with Gasteiger partial charge in [-0.05, 0) is 12.8 Å². The van der Waals surface area contributed by atoms with E-state index in [0.29, 0.717) is 0 Å². The number of amides is 1. The lowest BCUT2D eigenvalue weighted by atomic mass is 9.66. The molecule has 1 aliphatic carbocycles. The summed E-state index contributed by atoms with van der Waals surface area (Å²) in [5.41, 5.74) is -1.95. The molecule has 5 saturated heterocycles. The first kappa shape index (κ1) is 77.8. The summed E-state index contributed by atoms with van der Waals surface area (Å²) in [5, 5.41) is 29.5. The van der Waals surface area contributed by atoms with Crippen LogP contribution in [0.5, 0.6) is 0 Å². The number of carbonyl (C=O) groups is 1. The first-order valence-corrected chi connectivity index (χ1v) is 30.0. The van der Waals surface area contributed by atoms with Crippen molar-refractivity contribution >= 4 is 5.91 Å². The predicted octanol–water partition coefficient (Wildman–Crippen LogP) is -2.97. The molecule has 5 heterocycles. The van der Waals surface area contributed by atoms with Crippen molar-refractivity contribution in [3.8, 4) is 12.3 Å². The molecule has 32 heteroatoms. The Bertz CT molecular complexity index is 2130. The van der Waals surface area contributed by atoms with Crippen molar-refractivity contribution < 1.29 is 143 Å². The standard InChI is InChI=1S/C59H104N2O30/c1-21-34(63)60-53-36(43(72-10)37(70-8)29(22-62)59(53,64)27-69-7)61-35-28(2)83-55(48(77-15)42(35)71-9)88-39-31(24-66-4)85-57(50(79-17)45(39)74-12)90-41-33(26-68-6)87-58(52(81-19)47(41)76-14)91-40-32(25-67-5)86-56(51(80-18)46(40)75-13)89-38-30(23-65-3)84-54(82-20)49(78-16)44(38)73-11/h1,28-33,35-58,61-62,64H,22-27H2,2-20H3,(H,60,63)/t28?,29?,30?,31?,32?,33?,35?,36?,37-,38?,39?,40?,41?,42-,43?,44-,45-,46-,47-,48?,49?,50?,51?,52?,53?,54?,55?,56?,57?,58?,59?/m1/s1. The van der Waals surface area contributed by atoms with Crippen LogP contribution < -0.4 is 10.6 Å². The van der Waals surface area contributed by atoms with Crippen LogP contribution in [0, 0.1) is 18.3 Å². The zero-order valence-corrected chi connectivity index (χ0v) is 56.0. The van der Waals surface area contributed by atoms with Gasteiger partial charge in [0, 0.05) is 134 Å². The molecule has 0 aromatic rings. The van der Waals surface area contributed by atoms with Gasteiger partial charge in [-0.1, -0.05) is 0 Å². The van der Waals surface area contributed by atoms with E-state index >= 15 is 0 Å². The maximum atomic E-state index is 13.0. The molecule has 1 saturated carbocycles. The maximum Gasteiger partial charge on any atom is 0.296 e. The van der Waals surface area contributed by atoms with Gasteiger partial charge in [0.05, 0.1) is 70.0 Å². The van der Waals surface area contributed by atoms with E-state index < -0.39 is 202 Å². The minimum Gasteiger partial charge on any atom is -0.396 e. The maximum absolute atomic E-state index is 13.0. The normalized spacial score (nSPS) is 43.9. The number of ether oxygens (including phenoxy) is 27. The van der Waals surface area contributed by atoms with Crippen LogP contribution in [0.25, 0.3) is 0 Å². The second-order valence-electron chi connectivity index (χ2n) is 22.8. The minimum absolute atomic E-state index is 0.000279. The number of aliphatic hydroxyl groups is 2. The molecule has 0 bridgehead atoms. The van der Waals surface area contributed by atoms with Crippen LogP contribution in [-0.2, 0) is 133 Å². The predicted molar refractivity (Wildman–Crippen MR) is 311 cm³/mol. The molecule has 4 N–H and O–H groups in total. The number of nitrogens with one attached hydrogen (secondary N) is 2. The van der Waals surface area contributed by atoms with E-state index in [1.807, 2.05) is 0 Å². The molecular formula is C59H104N2O30. The SMILES string of the molecule is C#CC(=O)NC1C(NC2C(C)OC(OC3C(COC)OC(OC4C(COC)OC(OC5C(COC)OC(OC6C(COC)OC(OC)C(OC)[C@@H]6OC)C(OC)[C@@H]5OC)C(OC)[C@@H]4OC)C(OC)[C@@H]3OC)C(OC)[C@@H]2OC)C(OC)[C@H](OC)C(CO)C1(O)COC. The molecule has 0 spiro atoms. The van der Waals surface area contributed by atoms with Crippen molar-refractivity contribution in [2.45, 2.75) is 190 Å². The Balaban J connectivity index is 1.25. The van der Waals surface area contributed by atoms with Crippen molar-refractivity contribution in [3.05, 3.63) is 0 Å². The monoisotopic (exact) mass is 1320 g/mol. The van der Waals surface area contributed by atoms with Crippen LogP contribution >= 0.6 is 0 Å². The molecule has 91 heavy (non-hydrogen) atoms. The molecule has 25 unspecified atom stereocenters. The average molecular weight is 1320 g/mol. The fraction of sp³-hybridized carbons (Fsp3) is 0.949. The minimum atomic E-state index is -1.95. The molecule has 530 valence electrons. The lowest BCUT2D eigenvalue weighted by Gasteiger charge is -2.56. The fourth-order valence-corrected chi connectivity index (χ4v) is 14.0. The highest BCUT2D eigenvalue weighted by atomic mass is 16.8. The summed E-state index contributed by atoms with van der Waals surface area (Å²) >= 11 is 0. The fourth-order valence-electron chi connectivity index (χ4n) is 14.0. The molecule has 32 nitrogen and oxygen atoms in total. The summed E-state index contributed by atoms with van der Waals surface area (Å²) < 4.78 is 168. The number of terminal acetylenes is 1. The molecule has 31 atom stereocenters. The van der Waals surface area contributed by atoms with Crippen LogP contribution in [0.4, 0.5) is 0 Å². The Kier molecular flexibility index (Phi) is 32.1. The third-order valence-electron chi connectivity index (χ3n) is 18.1. The smallest absolute Gasteiger partial charge is 0.296 e. The van der Waals surface area contributed by atoms with Gasteiger partial charge in [0.2, 0.25) is 0 Å². The summed E-state index contributed by atoms with van der Waals surface area (Å²) in [5.74, 6) is 0.213. The molecular weight excluding hydrogens is 1220 g/mol. The number of hydrogen-bond acceptors (Lipinski definition) is 31. The molecule has 0 aromatic heterocycles. The Morgan fingerprint density at radius 1 is 0.407 bits per heavy atom. The highest BCUT2D eigenvalue weighted by molar-refractivity contribution is 5.93. The molecule has 0 radical (unpaired) electrons.